The van der Waals surface area contributed by atoms with Gasteiger partial charge in [-0.05, 0) is 0 Å². The highest BCUT2D eigenvalue weighted by molar-refractivity contribution is 6.76. The highest BCUT2D eigenvalue weighted by Crippen LogP contribution is 2.54. The molecule has 1 N–H and O–H groups in total. The fraction of sp³-hybridized carbons (Fsp3) is 0.750. The summed E-state index contributed by atoms with van der Waals surface area (Å²) in [5.41, 5.74) is 0. The lowest BCUT2D eigenvalue weighted by Gasteiger charge is -2.31. The molecule has 13 heavy (non-hydrogen) atoms. The Bertz CT molecular complexity index is 223. The van der Waals surface area contributed by atoms with E-state index in [1.165, 1.54) is 0 Å². The molecule has 0 aromatic rings. The van der Waals surface area contributed by atoms with E-state index in [2.05, 4.69) is 0 Å². The molecule has 0 atom stereocenters. The topological polar surface area (TPSA) is 37.3 Å². The van der Waals surface area contributed by atoms with Crippen molar-refractivity contribution < 1.29 is 18.7 Å². The molecule has 0 heterocycles. The molecule has 0 saturated heterocycles. The number of carboxylic acids is 1. The Morgan fingerprint density at radius 1 is 1.08 bits per heavy atom. The molecule has 0 bridgehead atoms. The molecule has 0 fully saturated rings. The second-order valence-electron chi connectivity index (χ2n) is 1.95. The zero-order chi connectivity index (χ0) is 11.1. The summed E-state index contributed by atoms with van der Waals surface area (Å²) in [4.78, 5) is 10.0. The van der Waals surface area contributed by atoms with Crippen LogP contribution >= 0.6 is 58.0 Å². The molecule has 78 valence electrons. The Morgan fingerprint density at radius 3 is 1.46 bits per heavy atom. The van der Waals surface area contributed by atoms with E-state index < -0.39 is 20.0 Å². The minimum atomic E-state index is -4.57. The number of aliphatic carboxylic acids is 1. The van der Waals surface area contributed by atoms with Crippen molar-refractivity contribution in [1.82, 2.24) is 0 Å². The number of hydrogen-bond donors (Lipinski definition) is 1. The lowest BCUT2D eigenvalue weighted by molar-refractivity contribution is -0.166. The minimum Gasteiger partial charge on any atom is -0.477 e. The minimum absolute atomic E-state index is 2.58. The number of hydrogen-bond acceptors (Lipinski definition) is 1. The van der Waals surface area contributed by atoms with E-state index in [4.69, 9.17) is 63.1 Å². The Balaban J connectivity index is 5.16. The number of rotatable bonds is 2. The van der Waals surface area contributed by atoms with Crippen LogP contribution in [0.5, 0.6) is 0 Å². The first kappa shape index (κ1) is 13.8. The Hall–Kier alpha value is 0.780. The van der Waals surface area contributed by atoms with Gasteiger partial charge in [-0.15, -0.1) is 0 Å². The van der Waals surface area contributed by atoms with Gasteiger partial charge >= 0.3 is 11.9 Å². The molecule has 0 saturated carbocycles. The van der Waals surface area contributed by atoms with E-state index in [0.29, 0.717) is 0 Å². The number of halogens is 7. The molecular formula is C4HCl5F2O2. The summed E-state index contributed by atoms with van der Waals surface area (Å²) in [6.07, 6.45) is 0. The zero-order valence-electron chi connectivity index (χ0n) is 5.50. The largest absolute Gasteiger partial charge is 0.477 e. The predicted molar refractivity (Wildman–Crippen MR) is 47.3 cm³/mol. The van der Waals surface area contributed by atoms with E-state index >= 15 is 0 Å². The summed E-state index contributed by atoms with van der Waals surface area (Å²) in [5.74, 6) is -7.15. The van der Waals surface area contributed by atoms with Gasteiger partial charge in [0.1, 0.15) is 0 Å². The molecule has 0 aromatic heterocycles. The first-order chi connectivity index (χ1) is 5.44. The summed E-state index contributed by atoms with van der Waals surface area (Å²) < 4.78 is 19.2. The van der Waals surface area contributed by atoms with E-state index in [9.17, 15) is 13.6 Å². The molecule has 0 unspecified atom stereocenters. The Labute approximate surface area is 96.6 Å². The van der Waals surface area contributed by atoms with E-state index in [0.717, 1.165) is 0 Å². The van der Waals surface area contributed by atoms with Gasteiger partial charge in [-0.2, -0.15) is 8.78 Å². The summed E-state index contributed by atoms with van der Waals surface area (Å²) in [6, 6.07) is 0. The van der Waals surface area contributed by atoms with Crippen molar-refractivity contribution in [3.63, 3.8) is 0 Å². The van der Waals surface area contributed by atoms with Crippen molar-refractivity contribution in [3.8, 4) is 0 Å². The van der Waals surface area contributed by atoms with Gasteiger partial charge in [-0.1, -0.05) is 58.0 Å². The van der Waals surface area contributed by atoms with Crippen molar-refractivity contribution >= 4 is 64.0 Å². The monoisotopic (exact) mass is 294 g/mol. The number of carbonyl (C=O) groups is 1. The summed E-state index contributed by atoms with van der Waals surface area (Å²) in [6.45, 7) is 0. The van der Waals surface area contributed by atoms with Crippen molar-refractivity contribution in [2.24, 2.45) is 0 Å². The van der Waals surface area contributed by atoms with Gasteiger partial charge in [-0.25, -0.2) is 4.79 Å². The molecule has 0 aliphatic carbocycles. The highest BCUT2D eigenvalue weighted by Gasteiger charge is 2.68. The van der Waals surface area contributed by atoms with Crippen molar-refractivity contribution in [2.75, 3.05) is 0 Å². The van der Waals surface area contributed by atoms with Gasteiger partial charge in [0.15, 0.2) is 0 Å². The van der Waals surface area contributed by atoms with Crippen LogP contribution in [0.1, 0.15) is 0 Å². The van der Waals surface area contributed by atoms with E-state index in [1.807, 2.05) is 0 Å². The molecule has 0 aromatic carbocycles. The molecule has 0 rings (SSSR count). The summed E-state index contributed by atoms with van der Waals surface area (Å²) in [5, 5.41) is 8.05. The summed E-state index contributed by atoms with van der Waals surface area (Å²) in [7, 11) is 0. The second kappa shape index (κ2) is 3.74. The lowest BCUT2D eigenvalue weighted by Crippen LogP contribution is -2.53. The van der Waals surface area contributed by atoms with E-state index in [1.54, 1.807) is 0 Å². The quantitative estimate of drug-likeness (QED) is 0.794. The third-order valence-corrected chi connectivity index (χ3v) is 3.49. The van der Waals surface area contributed by atoms with Crippen molar-refractivity contribution in [3.05, 3.63) is 0 Å². The normalized spacial score (nSPS) is 14.4. The standard InChI is InChI=1S/C4HCl5F2O2/c5-3(6,4(7,8)9)2(10,11)1(12)13/h(H,12,13). The van der Waals surface area contributed by atoms with Gasteiger partial charge < -0.3 is 5.11 Å². The Morgan fingerprint density at radius 2 is 1.38 bits per heavy atom. The SMILES string of the molecule is O=C(O)C(F)(F)C(Cl)(Cl)C(Cl)(Cl)Cl. The third-order valence-electron chi connectivity index (χ3n) is 1.02. The molecule has 0 radical (unpaired) electrons. The van der Waals surface area contributed by atoms with Crippen LogP contribution in [0.15, 0.2) is 0 Å². The van der Waals surface area contributed by atoms with Gasteiger partial charge in [-0.3, -0.25) is 0 Å². The molecule has 2 nitrogen and oxygen atoms in total. The van der Waals surface area contributed by atoms with Crippen LogP contribution in [0.25, 0.3) is 0 Å². The first-order valence-corrected chi connectivity index (χ1v) is 4.39. The molecule has 0 aliphatic heterocycles. The predicted octanol–water partition coefficient (Wildman–Crippen LogP) is 3.25. The van der Waals surface area contributed by atoms with Crippen LogP contribution in [0.4, 0.5) is 8.78 Å². The van der Waals surface area contributed by atoms with Crippen LogP contribution in [0, 0.1) is 0 Å². The van der Waals surface area contributed by atoms with Crippen molar-refractivity contribution in [1.29, 1.82) is 0 Å². The number of alkyl halides is 7. The van der Waals surface area contributed by atoms with Crippen molar-refractivity contribution in [2.45, 2.75) is 14.0 Å². The average Bonchev–Trinajstić information content (AvgIpc) is 1.84. The smallest absolute Gasteiger partial charge is 0.379 e. The fourth-order valence-corrected chi connectivity index (χ4v) is 0.830. The van der Waals surface area contributed by atoms with Gasteiger partial charge in [0.25, 0.3) is 0 Å². The third kappa shape index (κ3) is 2.42. The first-order valence-electron chi connectivity index (χ1n) is 2.50. The van der Waals surface area contributed by atoms with Crippen LogP contribution in [-0.2, 0) is 4.79 Å². The maximum absolute atomic E-state index is 12.7. The van der Waals surface area contributed by atoms with Crippen LogP contribution in [0.3, 0.4) is 0 Å². The maximum atomic E-state index is 12.7. The van der Waals surface area contributed by atoms with Gasteiger partial charge in [0.2, 0.25) is 8.13 Å². The maximum Gasteiger partial charge on any atom is 0.379 e. The van der Waals surface area contributed by atoms with Crippen LogP contribution in [0.2, 0.25) is 0 Å². The lowest BCUT2D eigenvalue weighted by atomic mass is 10.2. The zero-order valence-corrected chi connectivity index (χ0v) is 9.28. The van der Waals surface area contributed by atoms with Gasteiger partial charge in [0.05, 0.1) is 0 Å². The molecular weight excluding hydrogens is 295 g/mol. The number of carboxylic acid groups (broad SMARTS) is 1. The summed E-state index contributed by atoms with van der Waals surface area (Å²) >= 11 is 24.8. The van der Waals surface area contributed by atoms with Gasteiger partial charge in [0, 0.05) is 0 Å². The molecule has 0 aliphatic rings. The Kier molecular flexibility index (Phi) is 3.96. The molecule has 0 amide bonds. The molecule has 9 heteroatoms. The second-order valence-corrected chi connectivity index (χ2v) is 5.56. The van der Waals surface area contributed by atoms with Crippen LogP contribution in [-0.4, -0.2) is 25.1 Å². The highest BCUT2D eigenvalue weighted by atomic mass is 35.6. The van der Waals surface area contributed by atoms with E-state index in [-0.39, 0.29) is 0 Å². The van der Waals surface area contributed by atoms with Crippen LogP contribution < -0.4 is 0 Å². The fourth-order valence-electron chi connectivity index (χ4n) is 0.312. The average molecular weight is 296 g/mol. The molecule has 0 spiro atoms.